The summed E-state index contributed by atoms with van der Waals surface area (Å²) in [6.45, 7) is 3.53. The molecule has 4 bridgehead atoms. The number of aliphatic carboxylic acids is 1. The van der Waals surface area contributed by atoms with E-state index in [2.05, 4.69) is 15.0 Å². The van der Waals surface area contributed by atoms with E-state index in [1.807, 2.05) is 28.8 Å². The molecule has 1 aromatic heterocycles. The van der Waals surface area contributed by atoms with Crippen molar-refractivity contribution >= 4 is 22.7 Å². The summed E-state index contributed by atoms with van der Waals surface area (Å²) in [4.78, 5) is 38.7. The lowest BCUT2D eigenvalue weighted by atomic mass is 9.76. The van der Waals surface area contributed by atoms with Crippen molar-refractivity contribution in [2.75, 3.05) is 0 Å². The zero-order chi connectivity index (χ0) is 26.4. The summed E-state index contributed by atoms with van der Waals surface area (Å²) in [5.74, 6) is 0.453. The van der Waals surface area contributed by atoms with Gasteiger partial charge in [0, 0.05) is 24.2 Å². The smallest absolute Gasteiger partial charge is 0.360 e. The molecular formula is C30H40N4O4. The minimum absolute atomic E-state index is 0.00910. The van der Waals surface area contributed by atoms with Gasteiger partial charge in [-0.2, -0.15) is 0 Å². The van der Waals surface area contributed by atoms with Crippen LogP contribution in [0.2, 0.25) is 0 Å². The Morgan fingerprint density at radius 2 is 1.61 bits per heavy atom. The van der Waals surface area contributed by atoms with Crippen LogP contribution in [0.1, 0.15) is 96.2 Å². The monoisotopic (exact) mass is 520 g/mol. The molecule has 1 aromatic carbocycles. The first kappa shape index (κ1) is 25.5. The summed E-state index contributed by atoms with van der Waals surface area (Å²) < 4.78 is 1.83. The Hall–Kier alpha value is -2.74. The zero-order valence-electron chi connectivity index (χ0n) is 22.6. The van der Waals surface area contributed by atoms with Gasteiger partial charge in [0.15, 0.2) is 5.69 Å². The molecule has 2 unspecified atom stereocenters. The Kier molecular flexibility index (Phi) is 7.01. The molecule has 3 heterocycles. The van der Waals surface area contributed by atoms with Crippen molar-refractivity contribution in [2.24, 2.45) is 17.0 Å². The third-order valence-corrected chi connectivity index (χ3v) is 9.48. The van der Waals surface area contributed by atoms with Crippen molar-refractivity contribution in [3.8, 4) is 0 Å². The molecule has 6 atom stereocenters. The van der Waals surface area contributed by atoms with Crippen LogP contribution in [0.5, 0.6) is 0 Å². The Labute approximate surface area is 224 Å². The maximum atomic E-state index is 13.9. The average Bonchev–Trinajstić information content (AvgIpc) is 3.04. The van der Waals surface area contributed by atoms with Crippen LogP contribution in [0.4, 0.5) is 0 Å². The number of rotatable bonds is 6. The third-order valence-electron chi connectivity index (χ3n) is 9.48. The highest BCUT2D eigenvalue weighted by Gasteiger charge is 2.47. The molecule has 0 amide bonds. The van der Waals surface area contributed by atoms with E-state index in [1.165, 1.54) is 57.8 Å². The molecule has 4 fully saturated rings. The van der Waals surface area contributed by atoms with Crippen molar-refractivity contribution < 1.29 is 14.7 Å². The topological polar surface area (TPSA) is 97.0 Å². The summed E-state index contributed by atoms with van der Waals surface area (Å²) in [5.41, 5.74) is 0.388. The standard InChI is InChI=1S/C30H40N4O4/c1-18(2)38-32-28(30(36)37)27-29(35)34(26-10-6-5-9-25(26)31-27)24-16-21-11-12-22(17-24)33(21)23-14-19-7-3-4-8-20(13-19)15-23/h5-6,9-10,18-24H,3-4,7-8,11-17H2,1-2H3,(H,36,37)/t19-,20+,21-,22+,23?,24?. The van der Waals surface area contributed by atoms with Gasteiger partial charge >= 0.3 is 5.97 Å². The Bertz CT molecular complexity index is 1260. The number of piperidine rings is 1. The molecule has 4 aliphatic rings. The lowest BCUT2D eigenvalue weighted by Crippen LogP contribution is -2.52. The quantitative estimate of drug-likeness (QED) is 0.419. The van der Waals surface area contributed by atoms with Gasteiger partial charge in [-0.05, 0) is 82.8 Å². The van der Waals surface area contributed by atoms with Gasteiger partial charge in [-0.25, -0.2) is 9.78 Å². The summed E-state index contributed by atoms with van der Waals surface area (Å²) >= 11 is 0. The lowest BCUT2D eigenvalue weighted by Gasteiger charge is -2.48. The molecule has 0 radical (unpaired) electrons. The average molecular weight is 521 g/mol. The number of carboxylic acid groups (broad SMARTS) is 1. The van der Waals surface area contributed by atoms with Crippen molar-refractivity contribution in [1.82, 2.24) is 14.5 Å². The van der Waals surface area contributed by atoms with Crippen LogP contribution >= 0.6 is 0 Å². The minimum atomic E-state index is -1.31. The van der Waals surface area contributed by atoms with Gasteiger partial charge < -0.3 is 14.5 Å². The van der Waals surface area contributed by atoms with Crippen LogP contribution in [0, 0.1) is 11.8 Å². The van der Waals surface area contributed by atoms with Gasteiger partial charge in [0.1, 0.15) is 6.10 Å². The number of oxime groups is 1. The molecule has 0 spiro atoms. The van der Waals surface area contributed by atoms with Crippen LogP contribution in [-0.2, 0) is 9.63 Å². The second-order valence-corrected chi connectivity index (χ2v) is 12.4. The molecule has 2 aromatic rings. The largest absolute Gasteiger partial charge is 0.476 e. The predicted molar refractivity (Wildman–Crippen MR) is 146 cm³/mol. The van der Waals surface area contributed by atoms with E-state index in [-0.39, 0.29) is 17.8 Å². The molecule has 2 saturated heterocycles. The molecule has 8 heteroatoms. The van der Waals surface area contributed by atoms with E-state index in [0.717, 1.165) is 30.2 Å². The normalized spacial score (nSPS) is 31.9. The number of carbonyl (C=O) groups is 1. The second-order valence-electron chi connectivity index (χ2n) is 12.4. The number of aromatic nitrogens is 2. The maximum Gasteiger partial charge on any atom is 0.360 e. The van der Waals surface area contributed by atoms with Crippen LogP contribution < -0.4 is 5.56 Å². The summed E-state index contributed by atoms with van der Waals surface area (Å²) in [7, 11) is 0. The van der Waals surface area contributed by atoms with E-state index in [4.69, 9.17) is 4.84 Å². The van der Waals surface area contributed by atoms with Gasteiger partial charge in [0.2, 0.25) is 5.71 Å². The molecule has 6 rings (SSSR count). The number of carboxylic acids is 1. The molecule has 38 heavy (non-hydrogen) atoms. The number of hydrogen-bond acceptors (Lipinski definition) is 6. The fourth-order valence-corrected chi connectivity index (χ4v) is 8.11. The van der Waals surface area contributed by atoms with Crippen LogP contribution in [0.15, 0.2) is 34.2 Å². The van der Waals surface area contributed by atoms with E-state index >= 15 is 0 Å². The first-order valence-electron chi connectivity index (χ1n) is 14.6. The van der Waals surface area contributed by atoms with Crippen molar-refractivity contribution in [3.63, 3.8) is 0 Å². The molecule has 2 aliphatic carbocycles. The Morgan fingerprint density at radius 3 is 2.24 bits per heavy atom. The predicted octanol–water partition coefficient (Wildman–Crippen LogP) is 5.14. The van der Waals surface area contributed by atoms with E-state index in [0.29, 0.717) is 23.6 Å². The Balaban J connectivity index is 1.34. The SMILES string of the molecule is CC(C)ON=C(C(=O)O)c1nc2ccccc2n(C2C[C@H]3CC[C@@H](C2)N3C2C[C@H]3CCCC[C@@H](C2)C3)c1=O. The molecule has 2 saturated carbocycles. The van der Waals surface area contributed by atoms with Gasteiger partial charge in [0.05, 0.1) is 11.0 Å². The number of hydrogen-bond donors (Lipinski definition) is 1. The molecular weight excluding hydrogens is 480 g/mol. The van der Waals surface area contributed by atoms with Crippen LogP contribution in [0.25, 0.3) is 11.0 Å². The molecule has 204 valence electrons. The van der Waals surface area contributed by atoms with Gasteiger partial charge in [0.25, 0.3) is 5.56 Å². The number of benzene rings is 1. The van der Waals surface area contributed by atoms with Crippen molar-refractivity contribution in [1.29, 1.82) is 0 Å². The molecule has 8 nitrogen and oxygen atoms in total. The first-order valence-corrected chi connectivity index (χ1v) is 14.6. The molecule has 2 aliphatic heterocycles. The van der Waals surface area contributed by atoms with Crippen molar-refractivity contribution in [3.05, 3.63) is 40.3 Å². The zero-order valence-corrected chi connectivity index (χ0v) is 22.6. The number of fused-ring (bicyclic) bond motifs is 5. The highest BCUT2D eigenvalue weighted by molar-refractivity contribution is 6.41. The van der Waals surface area contributed by atoms with Gasteiger partial charge in [-0.1, -0.05) is 43.0 Å². The van der Waals surface area contributed by atoms with Gasteiger partial charge in [-0.3, -0.25) is 9.69 Å². The number of nitrogens with zero attached hydrogens (tertiary/aromatic N) is 4. The first-order chi connectivity index (χ1) is 18.4. The third kappa shape index (κ3) is 4.76. The van der Waals surface area contributed by atoms with E-state index in [9.17, 15) is 14.7 Å². The summed E-state index contributed by atoms with van der Waals surface area (Å²) in [5, 5.41) is 13.7. The van der Waals surface area contributed by atoms with Crippen LogP contribution in [0.3, 0.4) is 0 Å². The Morgan fingerprint density at radius 1 is 0.947 bits per heavy atom. The van der Waals surface area contributed by atoms with Crippen LogP contribution in [-0.4, -0.2) is 55.5 Å². The highest BCUT2D eigenvalue weighted by Crippen LogP contribution is 2.47. The van der Waals surface area contributed by atoms with Gasteiger partial charge in [-0.15, -0.1) is 0 Å². The maximum absolute atomic E-state index is 13.9. The van der Waals surface area contributed by atoms with E-state index < -0.39 is 17.2 Å². The number of para-hydroxylation sites is 2. The molecule has 1 N–H and O–H groups in total. The summed E-state index contributed by atoms with van der Waals surface area (Å²) in [6, 6.07) is 9.18. The fourth-order valence-electron chi connectivity index (χ4n) is 8.11. The highest BCUT2D eigenvalue weighted by atomic mass is 16.6. The lowest BCUT2D eigenvalue weighted by molar-refractivity contribution is -0.129. The van der Waals surface area contributed by atoms with E-state index in [1.54, 1.807) is 13.8 Å². The second kappa shape index (κ2) is 10.4. The minimum Gasteiger partial charge on any atom is -0.476 e. The van der Waals surface area contributed by atoms with Crippen molar-refractivity contribution in [2.45, 2.75) is 115 Å². The summed E-state index contributed by atoms with van der Waals surface area (Å²) in [6.07, 6.45) is 13.6. The fraction of sp³-hybridized carbons (Fsp3) is 0.667.